The summed E-state index contributed by atoms with van der Waals surface area (Å²) in [6.07, 6.45) is -0.238. The van der Waals surface area contributed by atoms with Crippen LogP contribution in [0.3, 0.4) is 0 Å². The summed E-state index contributed by atoms with van der Waals surface area (Å²) >= 11 is 3.30. The Kier molecular flexibility index (Phi) is 4.73. The van der Waals surface area contributed by atoms with Crippen molar-refractivity contribution in [1.29, 1.82) is 0 Å². The van der Waals surface area contributed by atoms with Gasteiger partial charge in [0, 0.05) is 17.6 Å². The maximum absolute atomic E-state index is 12.8. The Morgan fingerprint density at radius 3 is 2.45 bits per heavy atom. The maximum Gasteiger partial charge on any atom is 0.246 e. The highest BCUT2D eigenvalue weighted by Gasteiger charge is 2.34. The van der Waals surface area contributed by atoms with E-state index in [-0.39, 0.29) is 17.1 Å². The van der Waals surface area contributed by atoms with Gasteiger partial charge in [0.2, 0.25) is 10.0 Å². The molecule has 1 aliphatic heterocycles. The minimum atomic E-state index is -3.59. The van der Waals surface area contributed by atoms with E-state index in [1.807, 2.05) is 13.8 Å². The first-order valence-electron chi connectivity index (χ1n) is 6.33. The van der Waals surface area contributed by atoms with Crippen LogP contribution in [0.4, 0.5) is 0 Å². The van der Waals surface area contributed by atoms with Crippen molar-refractivity contribution in [1.82, 2.24) is 4.31 Å². The van der Waals surface area contributed by atoms with Crippen molar-refractivity contribution < 1.29 is 17.9 Å². The Morgan fingerprint density at radius 1 is 1.30 bits per heavy atom. The van der Waals surface area contributed by atoms with E-state index >= 15 is 0 Å². The average Bonchev–Trinajstić information content (AvgIpc) is 2.37. The molecule has 2 atom stereocenters. The quantitative estimate of drug-likeness (QED) is 0.826. The average molecular weight is 364 g/mol. The van der Waals surface area contributed by atoms with Crippen molar-refractivity contribution in [3.05, 3.63) is 22.7 Å². The molecule has 0 aliphatic carbocycles. The lowest BCUT2D eigenvalue weighted by Crippen LogP contribution is -2.48. The second-order valence-corrected chi connectivity index (χ2v) is 7.70. The van der Waals surface area contributed by atoms with Crippen LogP contribution in [0.1, 0.15) is 13.8 Å². The normalized spacial score (nSPS) is 24.6. The SMILES string of the molecule is COc1ccc(Br)cc1S(=O)(=O)N1C[C@@H](C)O[C@H](C)C1. The molecular weight excluding hydrogens is 346 g/mol. The molecule has 112 valence electrons. The molecule has 0 saturated carbocycles. The first-order chi connectivity index (χ1) is 9.34. The lowest BCUT2D eigenvalue weighted by atomic mass is 10.3. The molecule has 1 aromatic carbocycles. The summed E-state index contributed by atoms with van der Waals surface area (Å²) in [6.45, 7) is 4.44. The fourth-order valence-corrected chi connectivity index (χ4v) is 4.60. The number of morpholine rings is 1. The molecule has 20 heavy (non-hydrogen) atoms. The molecule has 0 aromatic heterocycles. The zero-order chi connectivity index (χ0) is 14.9. The van der Waals surface area contributed by atoms with Gasteiger partial charge in [-0.1, -0.05) is 15.9 Å². The Bertz CT molecular complexity index is 580. The van der Waals surface area contributed by atoms with Gasteiger partial charge in [0.05, 0.1) is 19.3 Å². The molecule has 0 bridgehead atoms. The van der Waals surface area contributed by atoms with Gasteiger partial charge >= 0.3 is 0 Å². The predicted octanol–water partition coefficient (Wildman–Crippen LogP) is 2.26. The Labute approximate surface area is 128 Å². The van der Waals surface area contributed by atoms with Gasteiger partial charge in [0.1, 0.15) is 10.6 Å². The number of benzene rings is 1. The molecule has 2 rings (SSSR count). The lowest BCUT2D eigenvalue weighted by molar-refractivity contribution is -0.0441. The minimum absolute atomic E-state index is 0.119. The number of sulfonamides is 1. The van der Waals surface area contributed by atoms with Gasteiger partial charge < -0.3 is 9.47 Å². The van der Waals surface area contributed by atoms with E-state index in [4.69, 9.17) is 9.47 Å². The van der Waals surface area contributed by atoms with Crippen LogP contribution in [-0.2, 0) is 14.8 Å². The molecule has 1 fully saturated rings. The summed E-state index contributed by atoms with van der Waals surface area (Å²) in [4.78, 5) is 0.177. The summed E-state index contributed by atoms with van der Waals surface area (Å²) in [7, 11) is -2.13. The summed E-state index contributed by atoms with van der Waals surface area (Å²) < 4.78 is 38.5. The summed E-state index contributed by atoms with van der Waals surface area (Å²) in [5.74, 6) is 0.347. The minimum Gasteiger partial charge on any atom is -0.495 e. The number of hydrogen-bond acceptors (Lipinski definition) is 4. The smallest absolute Gasteiger partial charge is 0.246 e. The molecule has 1 aromatic rings. The van der Waals surface area contributed by atoms with E-state index in [0.717, 1.165) is 0 Å². The third-order valence-electron chi connectivity index (χ3n) is 3.13. The topological polar surface area (TPSA) is 55.8 Å². The fourth-order valence-electron chi connectivity index (χ4n) is 2.32. The molecule has 0 N–H and O–H groups in total. The Hall–Kier alpha value is -0.630. The van der Waals surface area contributed by atoms with Crippen molar-refractivity contribution in [3.8, 4) is 5.75 Å². The van der Waals surface area contributed by atoms with Crippen LogP contribution in [0, 0.1) is 0 Å². The number of methoxy groups -OCH3 is 1. The predicted molar refractivity (Wildman–Crippen MR) is 79.5 cm³/mol. The monoisotopic (exact) mass is 363 g/mol. The van der Waals surface area contributed by atoms with Crippen molar-refractivity contribution in [2.24, 2.45) is 0 Å². The fraction of sp³-hybridized carbons (Fsp3) is 0.538. The number of ether oxygens (including phenoxy) is 2. The number of rotatable bonds is 3. The summed E-state index contributed by atoms with van der Waals surface area (Å²) in [5.41, 5.74) is 0. The number of nitrogens with zero attached hydrogens (tertiary/aromatic N) is 1. The highest BCUT2D eigenvalue weighted by molar-refractivity contribution is 9.10. The van der Waals surface area contributed by atoms with Crippen LogP contribution >= 0.6 is 15.9 Å². The first kappa shape index (κ1) is 15.8. The van der Waals surface area contributed by atoms with Crippen molar-refractivity contribution >= 4 is 26.0 Å². The van der Waals surface area contributed by atoms with Gasteiger partial charge in [-0.05, 0) is 32.0 Å². The summed E-state index contributed by atoms with van der Waals surface area (Å²) in [6, 6.07) is 4.96. The van der Waals surface area contributed by atoms with E-state index in [2.05, 4.69) is 15.9 Å². The van der Waals surface area contributed by atoms with E-state index in [1.54, 1.807) is 18.2 Å². The molecule has 0 unspecified atom stereocenters. The van der Waals surface area contributed by atoms with Gasteiger partial charge in [-0.2, -0.15) is 4.31 Å². The molecule has 1 aliphatic rings. The van der Waals surface area contributed by atoms with E-state index in [0.29, 0.717) is 23.3 Å². The third-order valence-corrected chi connectivity index (χ3v) is 5.48. The van der Waals surface area contributed by atoms with Crippen LogP contribution in [0.15, 0.2) is 27.6 Å². The molecule has 0 spiro atoms. The van der Waals surface area contributed by atoms with Crippen LogP contribution in [0.25, 0.3) is 0 Å². The highest BCUT2D eigenvalue weighted by Crippen LogP contribution is 2.31. The van der Waals surface area contributed by atoms with Crippen LogP contribution in [-0.4, -0.2) is 45.1 Å². The summed E-state index contributed by atoms with van der Waals surface area (Å²) in [5, 5.41) is 0. The van der Waals surface area contributed by atoms with Crippen LogP contribution < -0.4 is 4.74 Å². The molecule has 5 nitrogen and oxygen atoms in total. The second kappa shape index (κ2) is 6.01. The van der Waals surface area contributed by atoms with Crippen LogP contribution in [0.2, 0.25) is 0 Å². The Balaban J connectivity index is 2.42. The molecule has 1 heterocycles. The van der Waals surface area contributed by atoms with Gasteiger partial charge in [0.25, 0.3) is 0 Å². The van der Waals surface area contributed by atoms with Crippen molar-refractivity contribution in [3.63, 3.8) is 0 Å². The lowest BCUT2D eigenvalue weighted by Gasteiger charge is -2.34. The molecule has 0 radical (unpaired) electrons. The molecule has 7 heteroatoms. The second-order valence-electron chi connectivity index (χ2n) is 4.87. The Morgan fingerprint density at radius 2 is 1.90 bits per heavy atom. The molecule has 1 saturated heterocycles. The molecular formula is C13H18BrNO4S. The zero-order valence-electron chi connectivity index (χ0n) is 11.7. The number of hydrogen-bond donors (Lipinski definition) is 0. The maximum atomic E-state index is 12.8. The van der Waals surface area contributed by atoms with Crippen molar-refractivity contribution in [2.75, 3.05) is 20.2 Å². The standard InChI is InChI=1S/C13H18BrNO4S/c1-9-7-15(8-10(2)19-9)20(16,17)13-6-11(14)4-5-12(13)18-3/h4-6,9-10H,7-8H2,1-3H3/t9-,10-/m1/s1. The highest BCUT2D eigenvalue weighted by atomic mass is 79.9. The van der Waals surface area contributed by atoms with Gasteiger partial charge in [0.15, 0.2) is 0 Å². The van der Waals surface area contributed by atoms with E-state index in [9.17, 15) is 8.42 Å². The van der Waals surface area contributed by atoms with E-state index in [1.165, 1.54) is 11.4 Å². The zero-order valence-corrected chi connectivity index (χ0v) is 14.1. The van der Waals surface area contributed by atoms with Crippen molar-refractivity contribution in [2.45, 2.75) is 31.0 Å². The van der Waals surface area contributed by atoms with Gasteiger partial charge in [-0.15, -0.1) is 0 Å². The van der Waals surface area contributed by atoms with Gasteiger partial charge in [-0.3, -0.25) is 0 Å². The third kappa shape index (κ3) is 3.16. The van der Waals surface area contributed by atoms with Gasteiger partial charge in [-0.25, -0.2) is 8.42 Å². The number of halogens is 1. The largest absolute Gasteiger partial charge is 0.495 e. The first-order valence-corrected chi connectivity index (χ1v) is 8.57. The van der Waals surface area contributed by atoms with E-state index < -0.39 is 10.0 Å². The molecule has 0 amide bonds. The van der Waals surface area contributed by atoms with Crippen LogP contribution in [0.5, 0.6) is 5.75 Å².